The van der Waals surface area contributed by atoms with Crippen molar-refractivity contribution in [3.05, 3.63) is 47.0 Å². The molecule has 0 spiro atoms. The minimum absolute atomic E-state index is 0.826. The Morgan fingerprint density at radius 3 is 2.16 bits per heavy atom. The average molecular weight is 260 g/mol. The SMILES string of the molecule is CC.CC(C)=CCCC(C)CCc1ccc(C)cc1. The van der Waals surface area contributed by atoms with Gasteiger partial charge in [0.25, 0.3) is 0 Å². The molecular formula is C19H32. The summed E-state index contributed by atoms with van der Waals surface area (Å²) in [7, 11) is 0. The number of allylic oxidation sites excluding steroid dienone is 2. The summed E-state index contributed by atoms with van der Waals surface area (Å²) in [5.74, 6) is 0.826. The Bertz CT molecular complexity index is 339. The van der Waals surface area contributed by atoms with Crippen LogP contribution in [0.2, 0.25) is 0 Å². The van der Waals surface area contributed by atoms with E-state index in [1.54, 1.807) is 0 Å². The molecule has 0 saturated heterocycles. The molecule has 0 heterocycles. The van der Waals surface area contributed by atoms with Crippen molar-refractivity contribution in [2.24, 2.45) is 5.92 Å². The van der Waals surface area contributed by atoms with Crippen LogP contribution >= 0.6 is 0 Å². The summed E-state index contributed by atoms with van der Waals surface area (Å²) in [5, 5.41) is 0. The fourth-order valence-electron chi connectivity index (χ4n) is 1.97. The van der Waals surface area contributed by atoms with E-state index < -0.39 is 0 Å². The van der Waals surface area contributed by atoms with E-state index in [0.717, 1.165) is 5.92 Å². The van der Waals surface area contributed by atoms with Gasteiger partial charge in [0.15, 0.2) is 0 Å². The van der Waals surface area contributed by atoms with Crippen molar-refractivity contribution in [1.82, 2.24) is 0 Å². The molecule has 0 aliphatic carbocycles. The highest BCUT2D eigenvalue weighted by Crippen LogP contribution is 2.15. The van der Waals surface area contributed by atoms with E-state index in [2.05, 4.69) is 58.0 Å². The Morgan fingerprint density at radius 1 is 1.05 bits per heavy atom. The molecule has 0 aromatic heterocycles. The molecule has 0 amide bonds. The highest BCUT2D eigenvalue weighted by molar-refractivity contribution is 5.21. The number of hydrogen-bond donors (Lipinski definition) is 0. The van der Waals surface area contributed by atoms with Gasteiger partial charge in [-0.1, -0.05) is 62.2 Å². The van der Waals surface area contributed by atoms with Crippen LogP contribution in [0.5, 0.6) is 0 Å². The molecular weight excluding hydrogens is 228 g/mol. The summed E-state index contributed by atoms with van der Waals surface area (Å²) >= 11 is 0. The second-order valence-electron chi connectivity index (χ2n) is 5.49. The van der Waals surface area contributed by atoms with Crippen molar-refractivity contribution in [2.45, 2.75) is 67.2 Å². The van der Waals surface area contributed by atoms with Gasteiger partial charge in [0, 0.05) is 0 Å². The molecule has 19 heavy (non-hydrogen) atoms. The van der Waals surface area contributed by atoms with E-state index in [4.69, 9.17) is 0 Å². The summed E-state index contributed by atoms with van der Waals surface area (Å²) in [6, 6.07) is 8.95. The molecule has 0 aliphatic rings. The lowest BCUT2D eigenvalue weighted by Crippen LogP contribution is -1.97. The highest BCUT2D eigenvalue weighted by Gasteiger charge is 2.02. The second-order valence-corrected chi connectivity index (χ2v) is 5.49. The zero-order valence-corrected chi connectivity index (χ0v) is 13.8. The van der Waals surface area contributed by atoms with Gasteiger partial charge < -0.3 is 0 Å². The molecule has 1 aromatic rings. The van der Waals surface area contributed by atoms with Crippen molar-refractivity contribution in [2.75, 3.05) is 0 Å². The van der Waals surface area contributed by atoms with Gasteiger partial charge >= 0.3 is 0 Å². The molecule has 0 N–H and O–H groups in total. The highest BCUT2D eigenvalue weighted by atomic mass is 14.1. The van der Waals surface area contributed by atoms with Crippen molar-refractivity contribution in [3.8, 4) is 0 Å². The Morgan fingerprint density at radius 2 is 1.63 bits per heavy atom. The Labute approximate surface area is 120 Å². The van der Waals surface area contributed by atoms with Gasteiger partial charge in [-0.15, -0.1) is 0 Å². The van der Waals surface area contributed by atoms with Crippen LogP contribution in [-0.4, -0.2) is 0 Å². The summed E-state index contributed by atoms with van der Waals surface area (Å²) in [6.07, 6.45) is 7.42. The summed E-state index contributed by atoms with van der Waals surface area (Å²) in [4.78, 5) is 0. The Balaban J connectivity index is 0.00000154. The topological polar surface area (TPSA) is 0 Å². The summed E-state index contributed by atoms with van der Waals surface area (Å²) in [5.41, 5.74) is 4.27. The fourth-order valence-corrected chi connectivity index (χ4v) is 1.97. The molecule has 1 unspecified atom stereocenters. The van der Waals surface area contributed by atoms with Gasteiger partial charge in [0.2, 0.25) is 0 Å². The first-order valence-corrected chi connectivity index (χ1v) is 7.77. The molecule has 108 valence electrons. The lowest BCUT2D eigenvalue weighted by atomic mass is 9.96. The minimum Gasteiger partial charge on any atom is -0.0859 e. The van der Waals surface area contributed by atoms with Crippen molar-refractivity contribution >= 4 is 0 Å². The third-order valence-corrected chi connectivity index (χ3v) is 3.26. The van der Waals surface area contributed by atoms with Crippen molar-refractivity contribution < 1.29 is 0 Å². The van der Waals surface area contributed by atoms with Crippen LogP contribution in [-0.2, 0) is 6.42 Å². The first-order valence-electron chi connectivity index (χ1n) is 7.77. The van der Waals surface area contributed by atoms with E-state index >= 15 is 0 Å². The molecule has 0 aliphatic heterocycles. The molecule has 1 atom stereocenters. The molecule has 0 fully saturated rings. The largest absolute Gasteiger partial charge is 0.0859 e. The van der Waals surface area contributed by atoms with Crippen LogP contribution < -0.4 is 0 Å². The number of rotatable bonds is 6. The monoisotopic (exact) mass is 260 g/mol. The Hall–Kier alpha value is -1.04. The molecule has 1 rings (SSSR count). The number of aryl methyl sites for hydroxylation is 2. The number of hydrogen-bond acceptors (Lipinski definition) is 0. The zero-order valence-electron chi connectivity index (χ0n) is 13.8. The van der Waals surface area contributed by atoms with Crippen LogP contribution in [0.4, 0.5) is 0 Å². The van der Waals surface area contributed by atoms with Gasteiger partial charge in [-0.05, 0) is 57.9 Å². The van der Waals surface area contributed by atoms with Crippen LogP contribution in [0.3, 0.4) is 0 Å². The van der Waals surface area contributed by atoms with Crippen molar-refractivity contribution in [1.29, 1.82) is 0 Å². The first-order chi connectivity index (χ1) is 9.08. The van der Waals surface area contributed by atoms with Gasteiger partial charge in [0.1, 0.15) is 0 Å². The van der Waals surface area contributed by atoms with E-state index in [1.165, 1.54) is 42.4 Å². The quantitative estimate of drug-likeness (QED) is 0.524. The summed E-state index contributed by atoms with van der Waals surface area (Å²) in [6.45, 7) is 12.9. The van der Waals surface area contributed by atoms with Gasteiger partial charge in [-0.2, -0.15) is 0 Å². The van der Waals surface area contributed by atoms with Gasteiger partial charge in [0.05, 0.1) is 0 Å². The normalized spacial score (nSPS) is 11.3. The third-order valence-electron chi connectivity index (χ3n) is 3.26. The predicted molar refractivity (Wildman–Crippen MR) is 88.7 cm³/mol. The van der Waals surface area contributed by atoms with E-state index in [1.807, 2.05) is 13.8 Å². The molecule has 0 heteroatoms. The first kappa shape index (κ1) is 18.0. The van der Waals surface area contributed by atoms with Crippen molar-refractivity contribution in [3.63, 3.8) is 0 Å². The van der Waals surface area contributed by atoms with Crippen LogP contribution in [0.15, 0.2) is 35.9 Å². The smallest absolute Gasteiger partial charge is 0.0276 e. The maximum atomic E-state index is 2.37. The van der Waals surface area contributed by atoms with E-state index in [0.29, 0.717) is 0 Å². The van der Waals surface area contributed by atoms with E-state index in [9.17, 15) is 0 Å². The van der Waals surface area contributed by atoms with E-state index in [-0.39, 0.29) is 0 Å². The van der Waals surface area contributed by atoms with Crippen LogP contribution in [0.25, 0.3) is 0 Å². The van der Waals surface area contributed by atoms with Gasteiger partial charge in [-0.3, -0.25) is 0 Å². The molecule has 0 radical (unpaired) electrons. The fraction of sp³-hybridized carbons (Fsp3) is 0.579. The lowest BCUT2D eigenvalue weighted by molar-refractivity contribution is 0.497. The summed E-state index contributed by atoms with van der Waals surface area (Å²) < 4.78 is 0. The van der Waals surface area contributed by atoms with Crippen LogP contribution in [0, 0.1) is 12.8 Å². The Kier molecular flexibility index (Phi) is 10.2. The lowest BCUT2D eigenvalue weighted by Gasteiger charge is -2.10. The molecule has 0 bridgehead atoms. The average Bonchev–Trinajstić information content (AvgIpc) is 2.40. The van der Waals surface area contributed by atoms with Gasteiger partial charge in [-0.25, -0.2) is 0 Å². The maximum Gasteiger partial charge on any atom is -0.0276 e. The molecule has 0 saturated carbocycles. The molecule has 1 aromatic carbocycles. The predicted octanol–water partition coefficient (Wildman–Crippen LogP) is 6.34. The zero-order chi connectivity index (χ0) is 14.7. The molecule has 0 nitrogen and oxygen atoms in total. The minimum atomic E-state index is 0.826. The third kappa shape index (κ3) is 9.53. The number of benzene rings is 1. The standard InChI is InChI=1S/C17H26.C2H6/c1-14(2)6-5-7-15(3)8-11-17-12-9-16(4)10-13-17;1-2/h6,9-10,12-13,15H,5,7-8,11H2,1-4H3;1-2H3. The maximum absolute atomic E-state index is 2.37. The van der Waals surface area contributed by atoms with Crippen LogP contribution in [0.1, 0.15) is 65.0 Å². The second kappa shape index (κ2) is 10.8.